The minimum atomic E-state index is -1.91. The average molecular weight is 253 g/mol. The summed E-state index contributed by atoms with van der Waals surface area (Å²) in [7, 11) is 1.67. The molecule has 1 aromatic carbocycles. The maximum Gasteiger partial charge on any atom is 0.0499 e. The average Bonchev–Trinajstić information content (AvgIpc) is 2.40. The van der Waals surface area contributed by atoms with Gasteiger partial charge in [-0.15, -0.1) is 0 Å². The Bertz CT molecular complexity index is 475. The van der Waals surface area contributed by atoms with E-state index >= 15 is 0 Å². The molecule has 0 aliphatic carbocycles. The number of rotatable bonds is 2. The van der Waals surface area contributed by atoms with Gasteiger partial charge in [0.2, 0.25) is 0 Å². The Kier molecular flexibility index (Phi) is 3.57. The lowest BCUT2D eigenvalue weighted by atomic mass is 10.2. The van der Waals surface area contributed by atoms with Crippen LogP contribution in [0.25, 0.3) is 0 Å². The van der Waals surface area contributed by atoms with E-state index in [1.807, 2.05) is 7.05 Å². The fourth-order valence-electron chi connectivity index (χ4n) is 2.00. The Morgan fingerprint density at radius 1 is 1.24 bits per heavy atom. The molecule has 17 heavy (non-hydrogen) atoms. The van der Waals surface area contributed by atoms with E-state index in [0.29, 0.717) is 11.5 Å². The van der Waals surface area contributed by atoms with Crippen LogP contribution in [0.2, 0.25) is 0 Å². The molecule has 1 N–H and O–H groups in total. The molecule has 1 aromatic rings. The first-order chi connectivity index (χ1) is 8.17. The first-order valence-corrected chi connectivity index (χ1v) is 7.65. The van der Waals surface area contributed by atoms with Crippen molar-refractivity contribution in [2.24, 2.45) is 4.36 Å². The van der Waals surface area contributed by atoms with Crippen LogP contribution in [0.15, 0.2) is 28.6 Å². The summed E-state index contributed by atoms with van der Waals surface area (Å²) in [6.45, 7) is 1.66. The van der Waals surface area contributed by atoms with Gasteiger partial charge in [-0.3, -0.25) is 0 Å². The van der Waals surface area contributed by atoms with Gasteiger partial charge in [0, 0.05) is 59.8 Å². The van der Waals surface area contributed by atoms with Crippen LogP contribution in [-0.4, -0.2) is 42.9 Å². The summed E-state index contributed by atoms with van der Waals surface area (Å²) in [6, 6.07) is 8.32. The summed E-state index contributed by atoms with van der Waals surface area (Å²) >= 11 is 0. The molecular formula is C12H19N3OS. The first-order valence-electron chi connectivity index (χ1n) is 5.80. The van der Waals surface area contributed by atoms with Gasteiger partial charge in [-0.05, 0) is 24.3 Å². The van der Waals surface area contributed by atoms with Crippen LogP contribution < -0.4 is 10.2 Å². The van der Waals surface area contributed by atoms with Gasteiger partial charge in [0.05, 0.1) is 0 Å². The SMILES string of the molecule is CN=S1(=O)CCN(c2ccc(NC)cc2)CC1. The van der Waals surface area contributed by atoms with Crippen LogP contribution in [0.4, 0.5) is 11.4 Å². The molecule has 0 aromatic heterocycles. The van der Waals surface area contributed by atoms with Gasteiger partial charge in [-0.1, -0.05) is 0 Å². The molecule has 0 unspecified atom stereocenters. The molecule has 0 atom stereocenters. The topological polar surface area (TPSA) is 44.7 Å². The number of nitrogens with zero attached hydrogens (tertiary/aromatic N) is 2. The van der Waals surface area contributed by atoms with Crippen molar-refractivity contribution in [1.82, 2.24) is 0 Å². The summed E-state index contributed by atoms with van der Waals surface area (Å²) in [6.07, 6.45) is 0. The lowest BCUT2D eigenvalue weighted by Crippen LogP contribution is -2.40. The summed E-state index contributed by atoms with van der Waals surface area (Å²) in [5.41, 5.74) is 2.31. The molecule has 4 nitrogen and oxygen atoms in total. The van der Waals surface area contributed by atoms with E-state index in [4.69, 9.17) is 0 Å². The number of nitrogens with one attached hydrogen (secondary N) is 1. The summed E-state index contributed by atoms with van der Waals surface area (Å²) in [5, 5.41) is 3.10. The van der Waals surface area contributed by atoms with Gasteiger partial charge >= 0.3 is 0 Å². The highest BCUT2D eigenvalue weighted by Crippen LogP contribution is 2.20. The molecule has 1 fully saturated rings. The fourth-order valence-corrected chi connectivity index (χ4v) is 3.58. The molecule has 1 saturated heterocycles. The Morgan fingerprint density at radius 2 is 1.82 bits per heavy atom. The highest BCUT2D eigenvalue weighted by molar-refractivity contribution is 7.93. The van der Waals surface area contributed by atoms with Gasteiger partial charge in [-0.2, -0.15) is 0 Å². The second-order valence-electron chi connectivity index (χ2n) is 4.15. The van der Waals surface area contributed by atoms with Crippen molar-refractivity contribution in [2.75, 3.05) is 48.9 Å². The quantitative estimate of drug-likeness (QED) is 0.871. The highest BCUT2D eigenvalue weighted by atomic mass is 32.2. The Balaban J connectivity index is 2.08. The standard InChI is InChI=1S/C12H19N3OS/c1-13-11-3-5-12(6-4-11)15-7-9-17(16,14-2)10-8-15/h3-6,13H,7-10H2,1-2H3. The van der Waals surface area contributed by atoms with Crippen molar-refractivity contribution in [3.63, 3.8) is 0 Å². The number of anilines is 2. The zero-order valence-corrected chi connectivity index (χ0v) is 11.2. The molecule has 0 radical (unpaired) electrons. The number of hydrogen-bond acceptors (Lipinski definition) is 4. The molecule has 0 spiro atoms. The molecule has 94 valence electrons. The third-order valence-corrected chi connectivity index (χ3v) is 5.52. The van der Waals surface area contributed by atoms with Crippen LogP contribution in [-0.2, 0) is 9.73 Å². The summed E-state index contributed by atoms with van der Waals surface area (Å²) < 4.78 is 16.1. The predicted octanol–water partition coefficient (Wildman–Crippen LogP) is 1.65. The van der Waals surface area contributed by atoms with Crippen LogP contribution in [0.1, 0.15) is 0 Å². The van der Waals surface area contributed by atoms with Crippen molar-refractivity contribution in [1.29, 1.82) is 0 Å². The third kappa shape index (κ3) is 2.72. The van der Waals surface area contributed by atoms with E-state index in [9.17, 15) is 4.21 Å². The highest BCUT2D eigenvalue weighted by Gasteiger charge is 2.19. The lowest BCUT2D eigenvalue weighted by molar-refractivity contribution is 0.665. The van der Waals surface area contributed by atoms with E-state index in [2.05, 4.69) is 38.8 Å². The second-order valence-corrected chi connectivity index (χ2v) is 6.87. The van der Waals surface area contributed by atoms with Crippen molar-refractivity contribution < 1.29 is 4.21 Å². The van der Waals surface area contributed by atoms with E-state index in [1.165, 1.54) is 5.69 Å². The monoisotopic (exact) mass is 253 g/mol. The van der Waals surface area contributed by atoms with Crippen LogP contribution in [0.5, 0.6) is 0 Å². The summed E-state index contributed by atoms with van der Waals surface area (Å²) in [4.78, 5) is 2.27. The smallest absolute Gasteiger partial charge is 0.0499 e. The van der Waals surface area contributed by atoms with Gasteiger partial charge < -0.3 is 10.2 Å². The van der Waals surface area contributed by atoms with Crippen molar-refractivity contribution >= 4 is 21.1 Å². The van der Waals surface area contributed by atoms with Crippen molar-refractivity contribution in [2.45, 2.75) is 0 Å². The predicted molar refractivity (Wildman–Crippen MR) is 74.4 cm³/mol. The van der Waals surface area contributed by atoms with E-state index in [-0.39, 0.29) is 0 Å². The minimum absolute atomic E-state index is 0.678. The summed E-state index contributed by atoms with van der Waals surface area (Å²) in [5.74, 6) is 1.36. The van der Waals surface area contributed by atoms with Gasteiger partial charge in [0.15, 0.2) is 0 Å². The van der Waals surface area contributed by atoms with Crippen molar-refractivity contribution in [3.05, 3.63) is 24.3 Å². The minimum Gasteiger partial charge on any atom is -0.388 e. The number of hydrogen-bond donors (Lipinski definition) is 1. The Hall–Kier alpha value is -1.23. The van der Waals surface area contributed by atoms with E-state index in [1.54, 1.807) is 7.05 Å². The van der Waals surface area contributed by atoms with Crippen molar-refractivity contribution in [3.8, 4) is 0 Å². The van der Waals surface area contributed by atoms with E-state index in [0.717, 1.165) is 18.8 Å². The van der Waals surface area contributed by atoms with Crippen LogP contribution in [0, 0.1) is 0 Å². The Labute approximate surface area is 103 Å². The zero-order valence-electron chi connectivity index (χ0n) is 10.3. The van der Waals surface area contributed by atoms with Crippen LogP contribution in [0.3, 0.4) is 0 Å². The molecule has 2 rings (SSSR count). The first kappa shape index (κ1) is 12.2. The zero-order chi connectivity index (χ0) is 12.3. The molecular weight excluding hydrogens is 234 g/mol. The molecule has 1 heterocycles. The third-order valence-electron chi connectivity index (χ3n) is 3.21. The molecule has 0 saturated carbocycles. The van der Waals surface area contributed by atoms with Crippen LogP contribution >= 0.6 is 0 Å². The van der Waals surface area contributed by atoms with Gasteiger partial charge in [0.1, 0.15) is 0 Å². The van der Waals surface area contributed by atoms with Gasteiger partial charge in [0.25, 0.3) is 0 Å². The number of benzene rings is 1. The second kappa shape index (κ2) is 4.96. The van der Waals surface area contributed by atoms with E-state index < -0.39 is 9.73 Å². The largest absolute Gasteiger partial charge is 0.388 e. The fraction of sp³-hybridized carbons (Fsp3) is 0.500. The molecule has 0 amide bonds. The van der Waals surface area contributed by atoms with Gasteiger partial charge in [-0.25, -0.2) is 8.57 Å². The molecule has 1 aliphatic rings. The molecule has 5 heteroatoms. The maximum absolute atomic E-state index is 12.0. The maximum atomic E-state index is 12.0. The Morgan fingerprint density at radius 3 is 2.29 bits per heavy atom. The normalized spacial score (nSPS) is 18.8. The molecule has 1 aliphatic heterocycles. The molecule has 0 bridgehead atoms. The lowest BCUT2D eigenvalue weighted by Gasteiger charge is -2.30.